The molecular formula is C22H23NO5. The number of benzene rings is 2. The summed E-state index contributed by atoms with van der Waals surface area (Å²) in [5.74, 6) is -0.864. The first-order valence-electron chi connectivity index (χ1n) is 8.96. The van der Waals surface area contributed by atoms with E-state index in [4.69, 9.17) is 9.47 Å². The van der Waals surface area contributed by atoms with Gasteiger partial charge in [0.1, 0.15) is 11.5 Å². The summed E-state index contributed by atoms with van der Waals surface area (Å²) in [6.07, 6.45) is 0. The molecular weight excluding hydrogens is 358 g/mol. The van der Waals surface area contributed by atoms with Crippen molar-refractivity contribution in [3.63, 3.8) is 0 Å². The SMILES string of the molecule is COCCN1C(=O)C(=O)/C(=C(/O)c2ccc(C)cc2)[C@@H]1c1ccc(OC)cc1. The fourth-order valence-corrected chi connectivity index (χ4v) is 3.30. The number of aliphatic hydroxyl groups is 1. The van der Waals surface area contributed by atoms with Crippen molar-refractivity contribution in [1.82, 2.24) is 4.90 Å². The molecule has 0 saturated carbocycles. The van der Waals surface area contributed by atoms with Gasteiger partial charge in [0.05, 0.1) is 25.3 Å². The molecule has 1 aliphatic rings. The van der Waals surface area contributed by atoms with E-state index in [1.165, 1.54) is 12.0 Å². The second-order valence-electron chi connectivity index (χ2n) is 6.62. The largest absolute Gasteiger partial charge is 0.507 e. The molecule has 2 aromatic carbocycles. The molecule has 1 saturated heterocycles. The van der Waals surface area contributed by atoms with Crippen LogP contribution in [-0.4, -0.2) is 49.1 Å². The molecule has 1 aliphatic heterocycles. The first kappa shape index (κ1) is 19.6. The van der Waals surface area contributed by atoms with E-state index in [2.05, 4.69) is 0 Å². The van der Waals surface area contributed by atoms with E-state index < -0.39 is 17.7 Å². The highest BCUT2D eigenvalue weighted by Gasteiger charge is 2.45. The number of nitrogens with zero attached hydrogens (tertiary/aromatic N) is 1. The second kappa shape index (κ2) is 8.27. The molecule has 6 nitrogen and oxygen atoms in total. The van der Waals surface area contributed by atoms with Crippen LogP contribution in [0.3, 0.4) is 0 Å². The summed E-state index contributed by atoms with van der Waals surface area (Å²) in [4.78, 5) is 26.9. The molecule has 2 aromatic rings. The van der Waals surface area contributed by atoms with Crippen LogP contribution in [0.25, 0.3) is 5.76 Å². The van der Waals surface area contributed by atoms with Gasteiger partial charge >= 0.3 is 0 Å². The Kier molecular flexibility index (Phi) is 5.80. The zero-order chi connectivity index (χ0) is 20.3. The van der Waals surface area contributed by atoms with Crippen LogP contribution in [0.1, 0.15) is 22.7 Å². The van der Waals surface area contributed by atoms with Crippen molar-refractivity contribution in [2.45, 2.75) is 13.0 Å². The van der Waals surface area contributed by atoms with Gasteiger partial charge in [0.25, 0.3) is 11.7 Å². The fourth-order valence-electron chi connectivity index (χ4n) is 3.30. The number of rotatable bonds is 6. The topological polar surface area (TPSA) is 76.1 Å². The normalized spacial score (nSPS) is 18.5. The minimum absolute atomic E-state index is 0.0788. The molecule has 0 bridgehead atoms. The van der Waals surface area contributed by atoms with E-state index in [0.29, 0.717) is 16.9 Å². The lowest BCUT2D eigenvalue weighted by atomic mass is 9.95. The van der Waals surface area contributed by atoms with Gasteiger partial charge in [0, 0.05) is 19.2 Å². The van der Waals surface area contributed by atoms with Crippen molar-refractivity contribution >= 4 is 17.4 Å². The summed E-state index contributed by atoms with van der Waals surface area (Å²) in [7, 11) is 3.10. The van der Waals surface area contributed by atoms with Crippen LogP contribution in [0.2, 0.25) is 0 Å². The van der Waals surface area contributed by atoms with Crippen LogP contribution in [0.15, 0.2) is 54.1 Å². The minimum atomic E-state index is -0.699. The summed E-state index contributed by atoms with van der Waals surface area (Å²) in [6.45, 7) is 2.46. The molecule has 0 spiro atoms. The Hall–Kier alpha value is -3.12. The molecule has 1 fully saturated rings. The molecule has 1 N–H and O–H groups in total. The van der Waals surface area contributed by atoms with E-state index in [1.807, 2.05) is 19.1 Å². The second-order valence-corrected chi connectivity index (χ2v) is 6.62. The maximum absolute atomic E-state index is 12.8. The lowest BCUT2D eigenvalue weighted by Gasteiger charge is -2.25. The summed E-state index contributed by atoms with van der Waals surface area (Å²) in [6, 6.07) is 13.6. The number of Topliss-reactive ketones (excluding diaryl/α,β-unsaturated/α-hetero) is 1. The number of hydrogen-bond donors (Lipinski definition) is 1. The average Bonchev–Trinajstić information content (AvgIpc) is 2.97. The molecule has 3 rings (SSSR count). The number of likely N-dealkylation sites (tertiary alicyclic amines) is 1. The molecule has 0 aromatic heterocycles. The number of amides is 1. The number of aryl methyl sites for hydroxylation is 1. The molecule has 28 heavy (non-hydrogen) atoms. The average molecular weight is 381 g/mol. The van der Waals surface area contributed by atoms with Gasteiger partial charge < -0.3 is 19.5 Å². The third-order valence-electron chi connectivity index (χ3n) is 4.83. The zero-order valence-corrected chi connectivity index (χ0v) is 16.1. The van der Waals surface area contributed by atoms with E-state index in [0.717, 1.165) is 5.56 Å². The highest BCUT2D eigenvalue weighted by Crippen LogP contribution is 2.39. The summed E-state index contributed by atoms with van der Waals surface area (Å²) < 4.78 is 10.3. The molecule has 1 atom stereocenters. The van der Waals surface area contributed by atoms with Crippen LogP contribution < -0.4 is 4.74 Å². The molecule has 0 unspecified atom stereocenters. The Labute approximate surface area is 164 Å². The van der Waals surface area contributed by atoms with Crippen molar-refractivity contribution < 1.29 is 24.2 Å². The Balaban J connectivity index is 2.13. The van der Waals surface area contributed by atoms with Crippen molar-refractivity contribution in [2.75, 3.05) is 27.4 Å². The minimum Gasteiger partial charge on any atom is -0.507 e. The number of carbonyl (C=O) groups excluding carboxylic acids is 2. The standard InChI is InChI=1S/C22H23NO5/c1-14-4-6-16(7-5-14)20(24)18-19(15-8-10-17(28-3)11-9-15)23(12-13-27-2)22(26)21(18)25/h4-11,19,24H,12-13H2,1-3H3/b20-18+/t19-/m0/s1. The summed E-state index contributed by atoms with van der Waals surface area (Å²) >= 11 is 0. The Morgan fingerprint density at radius 3 is 2.25 bits per heavy atom. The highest BCUT2D eigenvalue weighted by atomic mass is 16.5. The Morgan fingerprint density at radius 2 is 1.68 bits per heavy atom. The van der Waals surface area contributed by atoms with Gasteiger partial charge in [-0.15, -0.1) is 0 Å². The van der Waals surface area contributed by atoms with Crippen molar-refractivity contribution in [3.8, 4) is 5.75 Å². The van der Waals surface area contributed by atoms with E-state index >= 15 is 0 Å². The first-order chi connectivity index (χ1) is 13.5. The number of methoxy groups -OCH3 is 2. The van der Waals surface area contributed by atoms with E-state index in [-0.39, 0.29) is 24.5 Å². The number of ketones is 1. The van der Waals surface area contributed by atoms with Gasteiger partial charge in [-0.25, -0.2) is 0 Å². The first-order valence-corrected chi connectivity index (χ1v) is 8.96. The maximum atomic E-state index is 12.8. The zero-order valence-electron chi connectivity index (χ0n) is 16.1. The third kappa shape index (κ3) is 3.64. The lowest BCUT2D eigenvalue weighted by molar-refractivity contribution is -0.140. The van der Waals surface area contributed by atoms with Gasteiger partial charge in [0.15, 0.2) is 0 Å². The number of hydrogen-bond acceptors (Lipinski definition) is 5. The van der Waals surface area contributed by atoms with Gasteiger partial charge in [-0.2, -0.15) is 0 Å². The summed E-state index contributed by atoms with van der Waals surface area (Å²) in [5, 5.41) is 10.9. The Bertz CT molecular complexity index is 900. The quantitative estimate of drug-likeness (QED) is 0.473. The Morgan fingerprint density at radius 1 is 1.04 bits per heavy atom. The highest BCUT2D eigenvalue weighted by molar-refractivity contribution is 6.46. The number of ether oxygens (including phenoxy) is 2. The van der Waals surface area contributed by atoms with E-state index in [1.54, 1.807) is 43.5 Å². The number of aliphatic hydroxyl groups excluding tert-OH is 1. The van der Waals surface area contributed by atoms with Crippen molar-refractivity contribution in [3.05, 3.63) is 70.8 Å². The summed E-state index contributed by atoms with van der Waals surface area (Å²) in [5.41, 5.74) is 2.32. The van der Waals surface area contributed by atoms with Crippen LogP contribution in [0, 0.1) is 6.92 Å². The van der Waals surface area contributed by atoms with Gasteiger partial charge in [-0.1, -0.05) is 42.0 Å². The van der Waals surface area contributed by atoms with Crippen LogP contribution in [0.4, 0.5) is 0 Å². The smallest absolute Gasteiger partial charge is 0.295 e. The molecule has 146 valence electrons. The van der Waals surface area contributed by atoms with Crippen LogP contribution >= 0.6 is 0 Å². The van der Waals surface area contributed by atoms with Crippen LogP contribution in [0.5, 0.6) is 5.75 Å². The molecule has 0 aliphatic carbocycles. The third-order valence-corrected chi connectivity index (χ3v) is 4.83. The molecule has 1 amide bonds. The van der Waals surface area contributed by atoms with Gasteiger partial charge in [-0.3, -0.25) is 9.59 Å². The maximum Gasteiger partial charge on any atom is 0.295 e. The fraction of sp³-hybridized carbons (Fsp3) is 0.273. The monoisotopic (exact) mass is 381 g/mol. The van der Waals surface area contributed by atoms with Crippen molar-refractivity contribution in [2.24, 2.45) is 0 Å². The molecule has 0 radical (unpaired) electrons. The lowest BCUT2D eigenvalue weighted by Crippen LogP contribution is -2.32. The number of carbonyl (C=O) groups is 2. The predicted molar refractivity (Wildman–Crippen MR) is 105 cm³/mol. The molecule has 6 heteroatoms. The van der Waals surface area contributed by atoms with Crippen molar-refractivity contribution in [1.29, 1.82) is 0 Å². The van der Waals surface area contributed by atoms with Gasteiger partial charge in [-0.05, 0) is 24.6 Å². The predicted octanol–water partition coefficient (Wildman–Crippen LogP) is 3.07. The van der Waals surface area contributed by atoms with Gasteiger partial charge in [0.2, 0.25) is 0 Å². The van der Waals surface area contributed by atoms with Crippen LogP contribution in [-0.2, 0) is 14.3 Å². The molecule has 1 heterocycles. The van der Waals surface area contributed by atoms with E-state index in [9.17, 15) is 14.7 Å².